The van der Waals surface area contributed by atoms with E-state index in [0.717, 1.165) is 17.2 Å². The average Bonchev–Trinajstić information content (AvgIpc) is 2.74. The Morgan fingerprint density at radius 3 is 3.07 bits per heavy atom. The van der Waals surface area contributed by atoms with Gasteiger partial charge in [-0.25, -0.2) is 4.98 Å². The zero-order chi connectivity index (χ0) is 9.97. The Bertz CT molecular complexity index is 419. The number of nitrogens with zero attached hydrogens (tertiary/aromatic N) is 1. The molecule has 0 radical (unpaired) electrons. The lowest BCUT2D eigenvalue weighted by Gasteiger charge is -1.91. The van der Waals surface area contributed by atoms with Gasteiger partial charge in [0.2, 0.25) is 5.89 Å². The Balaban J connectivity index is 2.24. The third kappa shape index (κ3) is 1.86. The number of aromatic nitrogens is 1. The molecule has 0 aliphatic heterocycles. The molecule has 0 unspecified atom stereocenters. The standard InChI is InChI=1S/C10H12N2OS/c1-7-3-8(6-14-7)9-4-12-10(13-9)5-11-2/h3-4,6,11H,5H2,1-2H3. The Hall–Kier alpha value is -1.13. The molecule has 0 bridgehead atoms. The SMILES string of the molecule is CNCc1ncc(-c2csc(C)c2)o1. The Morgan fingerprint density at radius 1 is 1.57 bits per heavy atom. The molecule has 2 rings (SSSR count). The minimum absolute atomic E-state index is 0.670. The summed E-state index contributed by atoms with van der Waals surface area (Å²) in [5.74, 6) is 1.57. The van der Waals surface area contributed by atoms with Crippen LogP contribution in [-0.4, -0.2) is 12.0 Å². The second-order valence-electron chi connectivity index (χ2n) is 3.09. The van der Waals surface area contributed by atoms with Gasteiger partial charge in [-0.3, -0.25) is 0 Å². The van der Waals surface area contributed by atoms with Crippen molar-refractivity contribution < 1.29 is 4.42 Å². The number of hydrogen-bond donors (Lipinski definition) is 1. The number of rotatable bonds is 3. The van der Waals surface area contributed by atoms with Gasteiger partial charge in [-0.15, -0.1) is 11.3 Å². The maximum atomic E-state index is 5.56. The smallest absolute Gasteiger partial charge is 0.208 e. The zero-order valence-electron chi connectivity index (χ0n) is 8.20. The molecule has 0 fully saturated rings. The Kier molecular flexibility index (Phi) is 2.65. The second kappa shape index (κ2) is 3.94. The van der Waals surface area contributed by atoms with Gasteiger partial charge in [0, 0.05) is 15.8 Å². The van der Waals surface area contributed by atoms with Gasteiger partial charge in [-0.05, 0) is 20.0 Å². The summed E-state index contributed by atoms with van der Waals surface area (Å²) in [6.45, 7) is 2.75. The summed E-state index contributed by atoms with van der Waals surface area (Å²) < 4.78 is 5.56. The molecule has 3 nitrogen and oxygen atoms in total. The van der Waals surface area contributed by atoms with Gasteiger partial charge >= 0.3 is 0 Å². The predicted molar refractivity (Wildman–Crippen MR) is 57.3 cm³/mol. The van der Waals surface area contributed by atoms with Crippen molar-refractivity contribution in [2.24, 2.45) is 0 Å². The first-order valence-corrected chi connectivity index (χ1v) is 5.32. The number of oxazole rings is 1. The molecule has 0 amide bonds. The van der Waals surface area contributed by atoms with Crippen LogP contribution in [0.2, 0.25) is 0 Å². The quantitative estimate of drug-likeness (QED) is 0.841. The summed E-state index contributed by atoms with van der Waals surface area (Å²) in [6, 6.07) is 2.11. The van der Waals surface area contributed by atoms with Gasteiger partial charge in [-0.1, -0.05) is 0 Å². The number of hydrogen-bond acceptors (Lipinski definition) is 4. The number of thiophene rings is 1. The lowest BCUT2D eigenvalue weighted by atomic mass is 10.3. The molecule has 14 heavy (non-hydrogen) atoms. The molecule has 2 aromatic rings. The Labute approximate surface area is 86.8 Å². The molecule has 0 saturated carbocycles. The summed E-state index contributed by atoms with van der Waals surface area (Å²) in [5, 5.41) is 5.08. The molecule has 2 aromatic heterocycles. The van der Waals surface area contributed by atoms with E-state index >= 15 is 0 Å². The molecule has 2 heterocycles. The summed E-state index contributed by atoms with van der Waals surface area (Å²) in [4.78, 5) is 5.45. The van der Waals surface area contributed by atoms with Crippen LogP contribution in [-0.2, 0) is 6.54 Å². The van der Waals surface area contributed by atoms with Crippen molar-refractivity contribution >= 4 is 11.3 Å². The van der Waals surface area contributed by atoms with E-state index in [1.807, 2.05) is 7.05 Å². The zero-order valence-corrected chi connectivity index (χ0v) is 9.02. The van der Waals surface area contributed by atoms with Crippen LogP contribution < -0.4 is 5.32 Å². The van der Waals surface area contributed by atoms with Crippen molar-refractivity contribution in [1.29, 1.82) is 0 Å². The summed E-state index contributed by atoms with van der Waals surface area (Å²) in [7, 11) is 1.87. The van der Waals surface area contributed by atoms with Crippen LogP contribution in [0.15, 0.2) is 22.1 Å². The number of aryl methyl sites for hydroxylation is 1. The molecule has 74 valence electrons. The first kappa shape index (κ1) is 9.43. The predicted octanol–water partition coefficient (Wildman–Crippen LogP) is 2.43. The van der Waals surface area contributed by atoms with Crippen molar-refractivity contribution in [2.75, 3.05) is 7.05 Å². The lowest BCUT2D eigenvalue weighted by molar-refractivity contribution is 0.491. The molecule has 4 heteroatoms. The van der Waals surface area contributed by atoms with Crippen LogP contribution in [0.25, 0.3) is 11.3 Å². The summed E-state index contributed by atoms with van der Waals surface area (Å²) >= 11 is 1.72. The fourth-order valence-electron chi connectivity index (χ4n) is 1.25. The summed E-state index contributed by atoms with van der Waals surface area (Å²) in [6.07, 6.45) is 1.77. The molecule has 0 aliphatic carbocycles. The molecule has 0 aliphatic rings. The third-order valence-electron chi connectivity index (χ3n) is 1.90. The van der Waals surface area contributed by atoms with E-state index in [0.29, 0.717) is 6.54 Å². The largest absolute Gasteiger partial charge is 0.439 e. The van der Waals surface area contributed by atoms with Crippen molar-refractivity contribution in [3.63, 3.8) is 0 Å². The van der Waals surface area contributed by atoms with Crippen LogP contribution in [0, 0.1) is 6.92 Å². The molecular weight excluding hydrogens is 196 g/mol. The minimum atomic E-state index is 0.670. The van der Waals surface area contributed by atoms with Crippen LogP contribution in [0.4, 0.5) is 0 Å². The monoisotopic (exact) mass is 208 g/mol. The number of nitrogens with one attached hydrogen (secondary N) is 1. The first-order chi connectivity index (χ1) is 6.79. The molecular formula is C10H12N2OS. The summed E-state index contributed by atoms with van der Waals surface area (Å²) in [5.41, 5.74) is 1.11. The van der Waals surface area contributed by atoms with Gasteiger partial charge in [0.05, 0.1) is 12.7 Å². The van der Waals surface area contributed by atoms with E-state index in [9.17, 15) is 0 Å². The highest BCUT2D eigenvalue weighted by molar-refractivity contribution is 7.10. The maximum absolute atomic E-state index is 5.56. The molecule has 0 saturated heterocycles. The molecule has 0 atom stereocenters. The van der Waals surface area contributed by atoms with Gasteiger partial charge in [0.1, 0.15) is 0 Å². The minimum Gasteiger partial charge on any atom is -0.439 e. The first-order valence-electron chi connectivity index (χ1n) is 4.44. The van der Waals surface area contributed by atoms with Crippen LogP contribution in [0.3, 0.4) is 0 Å². The van der Waals surface area contributed by atoms with Gasteiger partial charge in [0.25, 0.3) is 0 Å². The van der Waals surface area contributed by atoms with Crippen LogP contribution >= 0.6 is 11.3 Å². The molecule has 1 N–H and O–H groups in total. The highest BCUT2D eigenvalue weighted by Crippen LogP contribution is 2.25. The molecule has 0 spiro atoms. The Morgan fingerprint density at radius 2 is 2.43 bits per heavy atom. The van der Waals surface area contributed by atoms with Crippen LogP contribution in [0.5, 0.6) is 0 Å². The van der Waals surface area contributed by atoms with Crippen molar-refractivity contribution in [1.82, 2.24) is 10.3 Å². The lowest BCUT2D eigenvalue weighted by Crippen LogP contribution is -2.04. The van der Waals surface area contributed by atoms with E-state index in [4.69, 9.17) is 4.42 Å². The van der Waals surface area contributed by atoms with E-state index in [-0.39, 0.29) is 0 Å². The second-order valence-corrected chi connectivity index (χ2v) is 4.21. The third-order valence-corrected chi connectivity index (χ3v) is 2.76. The van der Waals surface area contributed by atoms with Crippen molar-refractivity contribution in [2.45, 2.75) is 13.5 Å². The highest BCUT2D eigenvalue weighted by atomic mass is 32.1. The van der Waals surface area contributed by atoms with E-state index < -0.39 is 0 Å². The topological polar surface area (TPSA) is 38.1 Å². The van der Waals surface area contributed by atoms with Crippen molar-refractivity contribution in [3.05, 3.63) is 28.4 Å². The van der Waals surface area contributed by atoms with E-state index in [1.165, 1.54) is 4.88 Å². The van der Waals surface area contributed by atoms with Gasteiger partial charge in [-0.2, -0.15) is 0 Å². The highest BCUT2D eigenvalue weighted by Gasteiger charge is 2.06. The average molecular weight is 208 g/mol. The fraction of sp³-hybridized carbons (Fsp3) is 0.300. The molecule has 0 aromatic carbocycles. The van der Waals surface area contributed by atoms with Gasteiger partial charge in [0.15, 0.2) is 5.76 Å². The normalized spacial score (nSPS) is 10.7. The fourth-order valence-corrected chi connectivity index (χ4v) is 1.94. The van der Waals surface area contributed by atoms with E-state index in [1.54, 1.807) is 17.5 Å². The van der Waals surface area contributed by atoms with Crippen LogP contribution in [0.1, 0.15) is 10.8 Å². The maximum Gasteiger partial charge on any atom is 0.208 e. The van der Waals surface area contributed by atoms with Crippen molar-refractivity contribution in [3.8, 4) is 11.3 Å². The van der Waals surface area contributed by atoms with E-state index in [2.05, 4.69) is 28.7 Å². The van der Waals surface area contributed by atoms with Gasteiger partial charge < -0.3 is 9.73 Å².